The van der Waals surface area contributed by atoms with E-state index in [1.807, 2.05) is 12.1 Å². The molecule has 2 heterocycles. The Kier molecular flexibility index (Phi) is 4.34. The molecular weight excluding hydrogens is 242 g/mol. The van der Waals surface area contributed by atoms with Gasteiger partial charge >= 0.3 is 0 Å². The van der Waals surface area contributed by atoms with Crippen LogP contribution in [0.2, 0.25) is 0 Å². The van der Waals surface area contributed by atoms with Gasteiger partial charge in [-0.1, -0.05) is 0 Å². The van der Waals surface area contributed by atoms with Crippen LogP contribution in [-0.4, -0.2) is 55.1 Å². The lowest BCUT2D eigenvalue weighted by molar-refractivity contribution is -0.117. The first kappa shape index (κ1) is 13.8. The maximum absolute atomic E-state index is 11.4. The van der Waals surface area contributed by atoms with Gasteiger partial charge in [0.15, 0.2) is 0 Å². The maximum atomic E-state index is 11.4. The minimum Gasteiger partial charge on any atom is -0.368 e. The molecule has 19 heavy (non-hydrogen) atoms. The molecule has 104 valence electrons. The molecule has 0 aliphatic carbocycles. The Balaban J connectivity index is 1.96. The summed E-state index contributed by atoms with van der Waals surface area (Å²) in [6.07, 6.45) is 1.79. The van der Waals surface area contributed by atoms with Crippen LogP contribution in [0.4, 0.5) is 11.5 Å². The number of nitrogens with zero attached hydrogens (tertiary/aromatic N) is 3. The summed E-state index contributed by atoms with van der Waals surface area (Å²) in [6, 6.07) is 3.27. The number of carbonyl (C=O) groups is 1. The SMILES string of the molecule is CC(N)C(=O)Nc1ccc(N2CCN(C)CC2)cn1. The molecule has 2 rings (SSSR count). The topological polar surface area (TPSA) is 74.5 Å². The van der Waals surface area contributed by atoms with Gasteiger partial charge in [0, 0.05) is 26.2 Å². The van der Waals surface area contributed by atoms with Crippen LogP contribution in [0.5, 0.6) is 0 Å². The van der Waals surface area contributed by atoms with Gasteiger partial charge in [-0.05, 0) is 26.1 Å². The van der Waals surface area contributed by atoms with Gasteiger partial charge in [0.05, 0.1) is 17.9 Å². The smallest absolute Gasteiger partial charge is 0.242 e. The molecule has 0 spiro atoms. The molecule has 1 fully saturated rings. The van der Waals surface area contributed by atoms with Gasteiger partial charge in [0.1, 0.15) is 5.82 Å². The molecule has 0 saturated carbocycles. The Hall–Kier alpha value is -1.66. The third-order valence-corrected chi connectivity index (χ3v) is 3.28. The van der Waals surface area contributed by atoms with E-state index in [1.165, 1.54) is 0 Å². The number of nitrogens with two attached hydrogens (primary N) is 1. The van der Waals surface area contributed by atoms with Crippen molar-refractivity contribution >= 4 is 17.4 Å². The second kappa shape index (κ2) is 5.99. The summed E-state index contributed by atoms with van der Waals surface area (Å²) < 4.78 is 0. The van der Waals surface area contributed by atoms with E-state index in [-0.39, 0.29) is 5.91 Å². The second-order valence-electron chi connectivity index (χ2n) is 4.97. The van der Waals surface area contributed by atoms with Crippen molar-refractivity contribution in [3.05, 3.63) is 18.3 Å². The number of piperazine rings is 1. The van der Waals surface area contributed by atoms with Gasteiger partial charge in [-0.15, -0.1) is 0 Å². The molecule has 0 aromatic carbocycles. The summed E-state index contributed by atoms with van der Waals surface area (Å²) in [4.78, 5) is 20.3. The number of amides is 1. The number of anilines is 2. The Morgan fingerprint density at radius 2 is 2.05 bits per heavy atom. The van der Waals surface area contributed by atoms with E-state index >= 15 is 0 Å². The number of likely N-dealkylation sites (N-methyl/N-ethyl adjacent to an activating group) is 1. The van der Waals surface area contributed by atoms with E-state index in [0.29, 0.717) is 5.82 Å². The number of carbonyl (C=O) groups excluding carboxylic acids is 1. The summed E-state index contributed by atoms with van der Waals surface area (Å²) in [5.41, 5.74) is 6.58. The van der Waals surface area contributed by atoms with Crippen LogP contribution in [0.25, 0.3) is 0 Å². The largest absolute Gasteiger partial charge is 0.368 e. The first-order chi connectivity index (χ1) is 9.06. The summed E-state index contributed by atoms with van der Waals surface area (Å²) in [5.74, 6) is 0.319. The summed E-state index contributed by atoms with van der Waals surface area (Å²) in [5, 5.41) is 2.68. The molecule has 1 saturated heterocycles. The zero-order chi connectivity index (χ0) is 13.8. The average Bonchev–Trinajstić information content (AvgIpc) is 2.40. The maximum Gasteiger partial charge on any atom is 0.242 e. The summed E-state index contributed by atoms with van der Waals surface area (Å²) in [6.45, 7) is 5.77. The normalized spacial score (nSPS) is 18.2. The number of pyridine rings is 1. The first-order valence-electron chi connectivity index (χ1n) is 6.52. The molecule has 1 aromatic heterocycles. The van der Waals surface area contributed by atoms with Crippen molar-refractivity contribution in [3.8, 4) is 0 Å². The predicted octanol–water partition coefficient (Wildman–Crippen LogP) is 0.119. The molecule has 6 heteroatoms. The molecule has 1 atom stereocenters. The standard InChI is InChI=1S/C13H21N5O/c1-10(14)13(19)16-12-4-3-11(9-15-12)18-7-5-17(2)6-8-18/h3-4,9-10H,5-8,14H2,1-2H3,(H,15,16,19). The Morgan fingerprint density at radius 3 is 2.58 bits per heavy atom. The van der Waals surface area contributed by atoms with Crippen molar-refractivity contribution in [2.45, 2.75) is 13.0 Å². The van der Waals surface area contributed by atoms with Crippen molar-refractivity contribution in [2.75, 3.05) is 43.4 Å². The van der Waals surface area contributed by atoms with Crippen molar-refractivity contribution in [1.29, 1.82) is 0 Å². The Bertz CT molecular complexity index is 423. The quantitative estimate of drug-likeness (QED) is 0.810. The van der Waals surface area contributed by atoms with E-state index in [0.717, 1.165) is 31.9 Å². The van der Waals surface area contributed by atoms with Crippen LogP contribution < -0.4 is 16.0 Å². The minimum absolute atomic E-state index is 0.222. The van der Waals surface area contributed by atoms with Crippen molar-refractivity contribution in [1.82, 2.24) is 9.88 Å². The van der Waals surface area contributed by atoms with Crippen molar-refractivity contribution in [3.63, 3.8) is 0 Å². The Labute approximate surface area is 113 Å². The third-order valence-electron chi connectivity index (χ3n) is 3.28. The first-order valence-corrected chi connectivity index (χ1v) is 6.52. The molecule has 1 unspecified atom stereocenters. The fourth-order valence-corrected chi connectivity index (χ4v) is 1.95. The lowest BCUT2D eigenvalue weighted by atomic mass is 10.3. The summed E-state index contributed by atoms with van der Waals surface area (Å²) in [7, 11) is 2.13. The molecule has 1 aliphatic heterocycles. The highest BCUT2D eigenvalue weighted by atomic mass is 16.2. The van der Waals surface area contributed by atoms with Crippen molar-refractivity contribution in [2.24, 2.45) is 5.73 Å². The lowest BCUT2D eigenvalue weighted by Gasteiger charge is -2.33. The zero-order valence-electron chi connectivity index (χ0n) is 11.5. The number of aromatic nitrogens is 1. The van der Waals surface area contributed by atoms with E-state index in [4.69, 9.17) is 5.73 Å². The Morgan fingerprint density at radius 1 is 1.37 bits per heavy atom. The number of rotatable bonds is 3. The van der Waals surface area contributed by atoms with Crippen LogP contribution in [0.1, 0.15) is 6.92 Å². The van der Waals surface area contributed by atoms with Crippen molar-refractivity contribution < 1.29 is 4.79 Å². The highest BCUT2D eigenvalue weighted by Gasteiger charge is 2.14. The van der Waals surface area contributed by atoms with Crippen LogP contribution in [-0.2, 0) is 4.79 Å². The predicted molar refractivity (Wildman–Crippen MR) is 76.2 cm³/mol. The third kappa shape index (κ3) is 3.65. The second-order valence-corrected chi connectivity index (χ2v) is 4.97. The van der Waals surface area contributed by atoms with E-state index in [1.54, 1.807) is 13.1 Å². The van der Waals surface area contributed by atoms with Crippen LogP contribution in [0.15, 0.2) is 18.3 Å². The molecule has 1 aromatic rings. The highest BCUT2D eigenvalue weighted by Crippen LogP contribution is 2.16. The van der Waals surface area contributed by atoms with Gasteiger partial charge in [-0.2, -0.15) is 0 Å². The van der Waals surface area contributed by atoms with E-state index in [9.17, 15) is 4.79 Å². The van der Waals surface area contributed by atoms with Crippen LogP contribution in [0.3, 0.4) is 0 Å². The fraction of sp³-hybridized carbons (Fsp3) is 0.538. The average molecular weight is 263 g/mol. The fourth-order valence-electron chi connectivity index (χ4n) is 1.95. The molecular formula is C13H21N5O. The molecule has 3 N–H and O–H groups in total. The summed E-state index contributed by atoms with van der Waals surface area (Å²) >= 11 is 0. The molecule has 6 nitrogen and oxygen atoms in total. The van der Waals surface area contributed by atoms with E-state index in [2.05, 4.69) is 27.1 Å². The molecule has 1 aliphatic rings. The number of nitrogens with one attached hydrogen (secondary N) is 1. The molecule has 0 bridgehead atoms. The highest BCUT2D eigenvalue weighted by molar-refractivity contribution is 5.93. The monoisotopic (exact) mass is 263 g/mol. The van der Waals surface area contributed by atoms with Gasteiger partial charge in [-0.25, -0.2) is 4.98 Å². The van der Waals surface area contributed by atoms with Gasteiger partial charge < -0.3 is 20.9 Å². The van der Waals surface area contributed by atoms with Crippen LogP contribution in [0, 0.1) is 0 Å². The van der Waals surface area contributed by atoms with Crippen LogP contribution >= 0.6 is 0 Å². The number of hydrogen-bond donors (Lipinski definition) is 2. The van der Waals surface area contributed by atoms with Gasteiger partial charge in [0.25, 0.3) is 0 Å². The molecule has 0 radical (unpaired) electrons. The van der Waals surface area contributed by atoms with E-state index < -0.39 is 6.04 Å². The van der Waals surface area contributed by atoms with Gasteiger partial charge in [-0.3, -0.25) is 4.79 Å². The molecule has 1 amide bonds. The number of hydrogen-bond acceptors (Lipinski definition) is 5. The lowest BCUT2D eigenvalue weighted by Crippen LogP contribution is -2.44. The van der Waals surface area contributed by atoms with Gasteiger partial charge in [0.2, 0.25) is 5.91 Å². The minimum atomic E-state index is -0.529. The zero-order valence-corrected chi connectivity index (χ0v) is 11.5.